The number of carbonyl (C=O) groups excluding carboxylic acids is 1. The summed E-state index contributed by atoms with van der Waals surface area (Å²) < 4.78 is 30.9. The topological polar surface area (TPSA) is 83.5 Å². The summed E-state index contributed by atoms with van der Waals surface area (Å²) in [6, 6.07) is 10.2. The Morgan fingerprint density at radius 2 is 1.83 bits per heavy atom. The highest BCUT2D eigenvalue weighted by molar-refractivity contribution is 6.74. The summed E-state index contributed by atoms with van der Waals surface area (Å²) in [5.41, 5.74) is 1.39. The molecule has 1 aromatic rings. The lowest BCUT2D eigenvalue weighted by molar-refractivity contribution is -0.293. The number of allylic oxidation sites excluding steroid dienone is 1. The van der Waals surface area contributed by atoms with Crippen molar-refractivity contribution in [3.63, 3.8) is 0 Å². The van der Waals surface area contributed by atoms with Crippen molar-refractivity contribution in [1.82, 2.24) is 0 Å². The highest BCUT2D eigenvalue weighted by Gasteiger charge is 2.59. The van der Waals surface area contributed by atoms with Gasteiger partial charge >= 0.3 is 0 Å². The first-order valence-electron chi connectivity index (χ1n) is 15.6. The van der Waals surface area contributed by atoms with Crippen LogP contribution in [0.4, 0.5) is 0 Å². The molecule has 2 bridgehead atoms. The van der Waals surface area contributed by atoms with Crippen LogP contribution in [0.2, 0.25) is 18.1 Å². The molecule has 1 aromatic carbocycles. The molecule has 3 aliphatic rings. The third-order valence-electron chi connectivity index (χ3n) is 10.8. The monoisotopic (exact) mass is 602 g/mol. The summed E-state index contributed by atoms with van der Waals surface area (Å²) >= 11 is 0. The number of hydrogen-bond acceptors (Lipinski definition) is 7. The summed E-state index contributed by atoms with van der Waals surface area (Å²) in [5, 5.41) is 11.7. The quantitative estimate of drug-likeness (QED) is 0.181. The van der Waals surface area contributed by atoms with Crippen LogP contribution in [-0.2, 0) is 34.8 Å². The molecule has 0 amide bonds. The lowest BCUT2D eigenvalue weighted by atomic mass is 9.68. The zero-order valence-corrected chi connectivity index (χ0v) is 28.3. The number of aliphatic hydroxyl groups is 1. The van der Waals surface area contributed by atoms with Crippen molar-refractivity contribution in [2.24, 2.45) is 23.2 Å². The molecule has 0 radical (unpaired) electrons. The Labute approximate surface area is 254 Å². The maximum Gasteiger partial charge on any atom is 0.191 e. The molecule has 1 saturated heterocycles. The molecule has 2 aliphatic carbocycles. The van der Waals surface area contributed by atoms with E-state index in [9.17, 15) is 9.90 Å². The van der Waals surface area contributed by atoms with E-state index < -0.39 is 32.0 Å². The van der Waals surface area contributed by atoms with E-state index in [4.69, 9.17) is 23.4 Å². The summed E-state index contributed by atoms with van der Waals surface area (Å²) in [5.74, 6) is -0.951. The van der Waals surface area contributed by atoms with Gasteiger partial charge in [0.15, 0.2) is 14.1 Å². The molecular weight excluding hydrogens is 548 g/mol. The fourth-order valence-corrected chi connectivity index (χ4v) is 7.90. The molecule has 7 nitrogen and oxygen atoms in total. The number of carbonyl (C=O) groups is 1. The first-order valence-corrected chi connectivity index (χ1v) is 18.5. The van der Waals surface area contributed by atoms with Gasteiger partial charge < -0.3 is 28.5 Å². The molecule has 0 aromatic heterocycles. The van der Waals surface area contributed by atoms with Crippen molar-refractivity contribution in [3.8, 4) is 0 Å². The number of fused-ring (bicyclic) bond motifs is 2. The Bertz CT molecular complexity index is 1090. The second kappa shape index (κ2) is 12.9. The van der Waals surface area contributed by atoms with Crippen LogP contribution < -0.4 is 0 Å². The molecule has 4 rings (SSSR count). The van der Waals surface area contributed by atoms with Crippen molar-refractivity contribution >= 4 is 14.1 Å². The van der Waals surface area contributed by atoms with Crippen LogP contribution in [0.1, 0.15) is 66.4 Å². The average Bonchev–Trinajstić information content (AvgIpc) is 3.22. The summed E-state index contributed by atoms with van der Waals surface area (Å²) in [7, 11) is -0.384. The van der Waals surface area contributed by atoms with E-state index in [1.54, 1.807) is 7.11 Å². The van der Waals surface area contributed by atoms with E-state index in [0.717, 1.165) is 18.4 Å². The molecule has 1 heterocycles. The molecule has 1 saturated carbocycles. The van der Waals surface area contributed by atoms with Gasteiger partial charge in [-0.25, -0.2) is 0 Å². The largest absolute Gasteiger partial charge is 0.417 e. The molecule has 0 unspecified atom stereocenters. The van der Waals surface area contributed by atoms with E-state index >= 15 is 0 Å². The first kappa shape index (κ1) is 33.5. The molecule has 236 valence electrons. The number of rotatable bonds is 11. The summed E-state index contributed by atoms with van der Waals surface area (Å²) in [4.78, 5) is 13.9. The summed E-state index contributed by atoms with van der Waals surface area (Å²) in [6.07, 6.45) is 2.56. The van der Waals surface area contributed by atoms with Crippen LogP contribution >= 0.6 is 0 Å². The van der Waals surface area contributed by atoms with Gasteiger partial charge in [0.2, 0.25) is 0 Å². The number of ketones is 1. The molecular formula is C34H54O7Si. The Hall–Kier alpha value is -1.39. The SMILES string of the molecule is COCO[C@H]1C(=O)[C@H](O)[C@H](C)[C@@H]([C@]2(OCc3ccccc3)CO[C@@H]2CCO[Si](C)(C)C(C)(C)C)/C=C2/CC[C@H]1C2(C)C. The maximum atomic E-state index is 13.9. The van der Waals surface area contributed by atoms with E-state index in [-0.39, 0.29) is 41.0 Å². The highest BCUT2D eigenvalue weighted by atomic mass is 28.4. The van der Waals surface area contributed by atoms with Gasteiger partial charge in [-0.05, 0) is 54.3 Å². The lowest BCUT2D eigenvalue weighted by Crippen LogP contribution is -2.66. The van der Waals surface area contributed by atoms with Gasteiger partial charge in [-0.15, -0.1) is 0 Å². The minimum Gasteiger partial charge on any atom is -0.417 e. The Kier molecular flexibility index (Phi) is 10.3. The van der Waals surface area contributed by atoms with Crippen LogP contribution in [0.3, 0.4) is 0 Å². The van der Waals surface area contributed by atoms with Crippen LogP contribution in [0.25, 0.3) is 0 Å². The van der Waals surface area contributed by atoms with Gasteiger partial charge in [0.1, 0.15) is 24.6 Å². The molecule has 1 aliphatic heterocycles. The van der Waals surface area contributed by atoms with Gasteiger partial charge in [-0.3, -0.25) is 4.79 Å². The van der Waals surface area contributed by atoms with E-state index in [1.807, 2.05) is 25.1 Å². The molecule has 7 atom stereocenters. The van der Waals surface area contributed by atoms with Crippen molar-refractivity contribution in [1.29, 1.82) is 0 Å². The molecule has 0 spiro atoms. The third kappa shape index (κ3) is 6.51. The zero-order chi connectivity index (χ0) is 30.9. The minimum atomic E-state index is -1.94. The molecule has 2 fully saturated rings. The first-order chi connectivity index (χ1) is 19.7. The van der Waals surface area contributed by atoms with Gasteiger partial charge in [-0.1, -0.05) is 83.5 Å². The average molecular weight is 603 g/mol. The highest BCUT2D eigenvalue weighted by Crippen LogP contribution is 2.54. The van der Waals surface area contributed by atoms with Crippen molar-refractivity contribution < 1.29 is 33.3 Å². The predicted octanol–water partition coefficient (Wildman–Crippen LogP) is 6.30. The number of ether oxygens (including phenoxy) is 4. The van der Waals surface area contributed by atoms with Crippen molar-refractivity contribution in [3.05, 3.63) is 47.5 Å². The van der Waals surface area contributed by atoms with Crippen LogP contribution in [0, 0.1) is 23.2 Å². The molecule has 42 heavy (non-hydrogen) atoms. The van der Waals surface area contributed by atoms with Crippen molar-refractivity contribution in [2.75, 3.05) is 27.1 Å². The van der Waals surface area contributed by atoms with E-state index in [2.05, 4.69) is 65.9 Å². The van der Waals surface area contributed by atoms with Crippen molar-refractivity contribution in [2.45, 2.75) is 109 Å². The normalized spacial score (nSPS) is 34.6. The van der Waals surface area contributed by atoms with Gasteiger partial charge in [0, 0.05) is 25.6 Å². The van der Waals surface area contributed by atoms with E-state index in [0.29, 0.717) is 26.2 Å². The molecule has 1 N–H and O–H groups in total. The number of benzene rings is 1. The van der Waals surface area contributed by atoms with Crippen LogP contribution in [0.15, 0.2) is 42.0 Å². The second-order valence-electron chi connectivity index (χ2n) is 14.7. The van der Waals surface area contributed by atoms with Gasteiger partial charge in [0.05, 0.1) is 19.3 Å². The Morgan fingerprint density at radius 3 is 2.43 bits per heavy atom. The second-order valence-corrected chi connectivity index (χ2v) is 19.5. The van der Waals surface area contributed by atoms with Crippen LogP contribution in [0.5, 0.6) is 0 Å². The Morgan fingerprint density at radius 1 is 1.14 bits per heavy atom. The maximum absolute atomic E-state index is 13.9. The molecule has 8 heteroatoms. The predicted molar refractivity (Wildman–Crippen MR) is 166 cm³/mol. The third-order valence-corrected chi connectivity index (χ3v) is 15.4. The number of hydrogen-bond donors (Lipinski definition) is 1. The van der Waals surface area contributed by atoms with Gasteiger partial charge in [0.25, 0.3) is 0 Å². The standard InChI is InChI=1S/C34H54O7Si/c1-23-27(19-25-15-16-26(33(25,5)6)31(39-22-37-7)30(36)29(23)35)34(40-20-24-13-11-10-12-14-24)21-38-28(34)17-18-41-42(8,9)32(2,3)4/h10-14,19,23,26-29,31,35H,15-18,20-22H2,1-9H3/b25-19-/t23-,26-,27+,28-,29-,31-,34-/m1/s1. The number of aliphatic hydroxyl groups excluding tert-OH is 1. The number of methoxy groups -OCH3 is 1. The minimum absolute atomic E-state index is 0.0147. The Balaban J connectivity index is 1.70. The van der Waals surface area contributed by atoms with Gasteiger partial charge in [-0.2, -0.15) is 0 Å². The van der Waals surface area contributed by atoms with E-state index in [1.165, 1.54) is 5.57 Å². The fourth-order valence-electron chi connectivity index (χ4n) is 6.84. The lowest BCUT2D eigenvalue weighted by Gasteiger charge is -2.54. The fraction of sp³-hybridized carbons (Fsp3) is 0.735. The smallest absolute Gasteiger partial charge is 0.191 e. The zero-order valence-electron chi connectivity index (χ0n) is 27.3. The number of Topliss-reactive ketones (excluding diaryl/α,β-unsaturated/α-hetero) is 1. The van der Waals surface area contributed by atoms with Crippen LogP contribution in [-0.4, -0.2) is 70.2 Å². The summed E-state index contributed by atoms with van der Waals surface area (Å²) in [6.45, 7) is 19.1.